The molecular formula is C21H21BO5. The van der Waals surface area contributed by atoms with Crippen LogP contribution in [0.2, 0.25) is 0 Å². The lowest BCUT2D eigenvalue weighted by Gasteiger charge is -2.12. The van der Waals surface area contributed by atoms with Gasteiger partial charge in [0.25, 0.3) is 0 Å². The molecule has 3 aromatic rings. The minimum Gasteiger partial charge on any atom is -0.497 e. The molecule has 0 unspecified atom stereocenters. The number of rotatable bonds is 8. The largest absolute Gasteiger partial charge is 0.497 e. The smallest absolute Gasteiger partial charge is 0.492 e. The van der Waals surface area contributed by atoms with E-state index in [1.807, 2.05) is 60.7 Å². The van der Waals surface area contributed by atoms with Crippen molar-refractivity contribution in [2.24, 2.45) is 0 Å². The van der Waals surface area contributed by atoms with Gasteiger partial charge in [-0.3, -0.25) is 0 Å². The van der Waals surface area contributed by atoms with Crippen LogP contribution in [0.3, 0.4) is 0 Å². The predicted octanol–water partition coefficient (Wildman–Crippen LogP) is 2.53. The van der Waals surface area contributed by atoms with Crippen molar-refractivity contribution in [1.82, 2.24) is 0 Å². The van der Waals surface area contributed by atoms with E-state index in [4.69, 9.17) is 14.2 Å². The summed E-state index contributed by atoms with van der Waals surface area (Å²) in [5, 5.41) is 18.9. The molecule has 6 heteroatoms. The Morgan fingerprint density at radius 3 is 1.89 bits per heavy atom. The van der Waals surface area contributed by atoms with Crippen molar-refractivity contribution in [3.63, 3.8) is 0 Å². The normalized spacial score (nSPS) is 10.3. The highest BCUT2D eigenvalue weighted by Crippen LogP contribution is 2.20. The minimum atomic E-state index is -1.60. The third-order valence-corrected chi connectivity index (χ3v) is 4.05. The van der Waals surface area contributed by atoms with Crippen LogP contribution in [0.4, 0.5) is 0 Å². The Bertz CT molecular complexity index is 850. The molecule has 0 saturated carbocycles. The van der Waals surface area contributed by atoms with Crippen LogP contribution in [0.1, 0.15) is 11.1 Å². The van der Waals surface area contributed by atoms with Gasteiger partial charge < -0.3 is 24.3 Å². The zero-order valence-electron chi connectivity index (χ0n) is 15.0. The molecule has 0 heterocycles. The summed E-state index contributed by atoms with van der Waals surface area (Å²) < 4.78 is 16.6. The van der Waals surface area contributed by atoms with Crippen LogP contribution < -0.4 is 19.7 Å². The molecule has 0 bridgehead atoms. The molecule has 5 nitrogen and oxygen atoms in total. The SMILES string of the molecule is COc1ccc(COc2ccc(OCc3ccccc3)cc2)cc1B(O)O. The van der Waals surface area contributed by atoms with Gasteiger partial charge in [0.2, 0.25) is 0 Å². The number of ether oxygens (including phenoxy) is 3. The second-order valence-electron chi connectivity index (χ2n) is 5.98. The number of hydrogen-bond donors (Lipinski definition) is 2. The number of hydrogen-bond acceptors (Lipinski definition) is 5. The first-order chi connectivity index (χ1) is 13.2. The van der Waals surface area contributed by atoms with Crippen LogP contribution in [-0.2, 0) is 13.2 Å². The summed E-state index contributed by atoms with van der Waals surface area (Å²) in [6.45, 7) is 0.813. The lowest BCUT2D eigenvalue weighted by Crippen LogP contribution is -2.31. The standard InChI is InChI=1S/C21H21BO5/c1-25-21-12-7-17(13-20(21)22(23)24)15-27-19-10-8-18(9-11-19)26-14-16-5-3-2-4-6-16/h2-13,23-24H,14-15H2,1H3. The first-order valence-corrected chi connectivity index (χ1v) is 8.58. The highest BCUT2D eigenvalue weighted by atomic mass is 16.5. The summed E-state index contributed by atoms with van der Waals surface area (Å²) in [6, 6.07) is 22.5. The van der Waals surface area contributed by atoms with E-state index in [2.05, 4.69) is 0 Å². The molecule has 0 saturated heterocycles. The summed E-state index contributed by atoms with van der Waals surface area (Å²) in [4.78, 5) is 0. The Balaban J connectivity index is 1.56. The molecule has 0 spiro atoms. The molecule has 138 valence electrons. The van der Waals surface area contributed by atoms with Crippen molar-refractivity contribution in [3.8, 4) is 17.2 Å². The lowest BCUT2D eigenvalue weighted by molar-refractivity contribution is 0.297. The Hall–Kier alpha value is -2.96. The van der Waals surface area contributed by atoms with Crippen LogP contribution in [0.25, 0.3) is 0 Å². The highest BCUT2D eigenvalue weighted by Gasteiger charge is 2.17. The minimum absolute atomic E-state index is 0.300. The summed E-state index contributed by atoms with van der Waals surface area (Å²) in [5.41, 5.74) is 2.23. The van der Waals surface area contributed by atoms with E-state index in [1.54, 1.807) is 12.1 Å². The van der Waals surface area contributed by atoms with Crippen LogP contribution in [0.5, 0.6) is 17.2 Å². The van der Waals surface area contributed by atoms with Gasteiger partial charge in [0.1, 0.15) is 30.5 Å². The van der Waals surface area contributed by atoms with Crippen molar-refractivity contribution in [3.05, 3.63) is 83.9 Å². The van der Waals surface area contributed by atoms with E-state index < -0.39 is 7.12 Å². The Morgan fingerprint density at radius 1 is 0.741 bits per heavy atom. The zero-order chi connectivity index (χ0) is 19.1. The van der Waals surface area contributed by atoms with Gasteiger partial charge >= 0.3 is 7.12 Å². The van der Waals surface area contributed by atoms with Gasteiger partial charge in [0.05, 0.1) is 7.11 Å². The van der Waals surface area contributed by atoms with E-state index in [-0.39, 0.29) is 0 Å². The third kappa shape index (κ3) is 5.26. The van der Waals surface area contributed by atoms with E-state index in [9.17, 15) is 10.0 Å². The first-order valence-electron chi connectivity index (χ1n) is 8.58. The average molecular weight is 364 g/mol. The molecule has 0 radical (unpaired) electrons. The van der Waals surface area contributed by atoms with Crippen LogP contribution in [0.15, 0.2) is 72.8 Å². The van der Waals surface area contributed by atoms with Crippen LogP contribution >= 0.6 is 0 Å². The van der Waals surface area contributed by atoms with Gasteiger partial charge in [-0.15, -0.1) is 0 Å². The molecule has 3 aromatic carbocycles. The second-order valence-corrected chi connectivity index (χ2v) is 5.98. The van der Waals surface area contributed by atoms with Crippen molar-refractivity contribution in [2.75, 3.05) is 7.11 Å². The molecule has 0 fully saturated rings. The van der Waals surface area contributed by atoms with Gasteiger partial charge in [-0.05, 0) is 41.5 Å². The van der Waals surface area contributed by atoms with Gasteiger partial charge in [-0.25, -0.2) is 0 Å². The molecule has 0 aliphatic rings. The molecule has 0 atom stereocenters. The molecule has 0 aromatic heterocycles. The monoisotopic (exact) mass is 364 g/mol. The van der Waals surface area contributed by atoms with Crippen molar-refractivity contribution < 1.29 is 24.3 Å². The summed E-state index contributed by atoms with van der Waals surface area (Å²) in [5.74, 6) is 1.89. The second kappa shape index (κ2) is 9.12. The zero-order valence-corrected chi connectivity index (χ0v) is 15.0. The number of benzene rings is 3. The molecule has 0 amide bonds. The van der Waals surface area contributed by atoms with E-state index in [0.717, 1.165) is 16.9 Å². The lowest BCUT2D eigenvalue weighted by atomic mass is 9.79. The molecule has 3 rings (SSSR count). The average Bonchev–Trinajstić information content (AvgIpc) is 2.72. The van der Waals surface area contributed by atoms with Gasteiger partial charge in [-0.1, -0.05) is 42.5 Å². The quantitative estimate of drug-likeness (QED) is 0.602. The maximum absolute atomic E-state index is 9.43. The molecule has 0 aliphatic heterocycles. The maximum Gasteiger partial charge on any atom is 0.492 e. The summed E-state index contributed by atoms with van der Waals surface area (Å²) >= 11 is 0. The van der Waals surface area contributed by atoms with Crippen molar-refractivity contribution >= 4 is 12.6 Å². The Labute approximate surface area is 158 Å². The van der Waals surface area contributed by atoms with Gasteiger partial charge in [-0.2, -0.15) is 0 Å². The van der Waals surface area contributed by atoms with E-state index in [1.165, 1.54) is 7.11 Å². The topological polar surface area (TPSA) is 68.2 Å². The molecule has 0 aliphatic carbocycles. The number of methoxy groups -OCH3 is 1. The fraction of sp³-hybridized carbons (Fsp3) is 0.143. The summed E-state index contributed by atoms with van der Waals surface area (Å²) in [7, 11) is -0.111. The van der Waals surface area contributed by atoms with Crippen LogP contribution in [-0.4, -0.2) is 24.3 Å². The molecular weight excluding hydrogens is 343 g/mol. The van der Waals surface area contributed by atoms with Crippen molar-refractivity contribution in [2.45, 2.75) is 13.2 Å². The van der Waals surface area contributed by atoms with E-state index >= 15 is 0 Å². The fourth-order valence-corrected chi connectivity index (χ4v) is 2.62. The maximum atomic E-state index is 9.43. The predicted molar refractivity (Wildman–Crippen MR) is 104 cm³/mol. The summed E-state index contributed by atoms with van der Waals surface area (Å²) in [6.07, 6.45) is 0. The van der Waals surface area contributed by atoms with Gasteiger partial charge in [0, 0.05) is 5.46 Å². The molecule has 2 N–H and O–H groups in total. The highest BCUT2D eigenvalue weighted by molar-refractivity contribution is 6.59. The first kappa shape index (κ1) is 18.8. The van der Waals surface area contributed by atoms with E-state index in [0.29, 0.717) is 30.2 Å². The van der Waals surface area contributed by atoms with Crippen LogP contribution in [0, 0.1) is 0 Å². The fourth-order valence-electron chi connectivity index (χ4n) is 2.62. The van der Waals surface area contributed by atoms with Gasteiger partial charge in [0.15, 0.2) is 0 Å². The Kier molecular flexibility index (Phi) is 6.36. The Morgan fingerprint density at radius 2 is 1.33 bits per heavy atom. The molecule has 27 heavy (non-hydrogen) atoms. The third-order valence-electron chi connectivity index (χ3n) is 4.05. The van der Waals surface area contributed by atoms with Crippen molar-refractivity contribution in [1.29, 1.82) is 0 Å².